The second-order valence-electron chi connectivity index (χ2n) is 4.78. The number of halogens is 6. The predicted octanol–water partition coefficient (Wildman–Crippen LogP) is 5.41. The summed E-state index contributed by atoms with van der Waals surface area (Å²) in [5.41, 5.74) is -3.71. The van der Waals surface area contributed by atoms with Gasteiger partial charge in [-0.1, -0.05) is 0 Å². The summed E-state index contributed by atoms with van der Waals surface area (Å²) in [6, 6.07) is 6.53. The molecule has 0 amide bonds. The van der Waals surface area contributed by atoms with Crippen LogP contribution in [0.4, 0.5) is 26.3 Å². The van der Waals surface area contributed by atoms with Crippen molar-refractivity contribution in [2.75, 3.05) is 0 Å². The van der Waals surface area contributed by atoms with Gasteiger partial charge in [0.15, 0.2) is 0 Å². The average molecular weight is 356 g/mol. The molecule has 1 aromatic carbocycles. The van der Waals surface area contributed by atoms with Crippen molar-refractivity contribution in [1.82, 2.24) is 0 Å². The molecule has 0 aliphatic carbocycles. The van der Waals surface area contributed by atoms with Gasteiger partial charge in [0, 0.05) is 11.6 Å². The Morgan fingerprint density at radius 1 is 0.880 bits per heavy atom. The van der Waals surface area contributed by atoms with E-state index < -0.39 is 29.0 Å². The van der Waals surface area contributed by atoms with E-state index in [1.807, 2.05) is 0 Å². The predicted molar refractivity (Wildman–Crippen MR) is 73.4 cm³/mol. The minimum absolute atomic E-state index is 0.0106. The monoisotopic (exact) mass is 356 g/mol. The van der Waals surface area contributed by atoms with Crippen molar-refractivity contribution in [3.8, 4) is 23.5 Å². The van der Waals surface area contributed by atoms with E-state index in [9.17, 15) is 26.3 Å². The van der Waals surface area contributed by atoms with Gasteiger partial charge < -0.3 is 4.42 Å². The van der Waals surface area contributed by atoms with Crippen LogP contribution in [-0.4, -0.2) is 0 Å². The van der Waals surface area contributed by atoms with Crippen LogP contribution in [-0.2, 0) is 12.4 Å². The zero-order valence-electron chi connectivity index (χ0n) is 12.0. The van der Waals surface area contributed by atoms with E-state index in [1.54, 1.807) is 12.1 Å². The third-order valence-electron chi connectivity index (χ3n) is 3.03. The summed E-state index contributed by atoms with van der Waals surface area (Å²) in [5.74, 6) is -0.322. The first-order chi connectivity index (χ1) is 11.5. The summed E-state index contributed by atoms with van der Waals surface area (Å²) in [6.07, 6.45) is -8.93. The first-order valence-electron chi connectivity index (χ1n) is 6.46. The molecule has 0 atom stereocenters. The second kappa shape index (κ2) is 6.36. The van der Waals surface area contributed by atoms with Gasteiger partial charge in [-0.15, -0.1) is 0 Å². The van der Waals surface area contributed by atoms with Crippen LogP contribution in [0.15, 0.2) is 40.3 Å². The largest absolute Gasteiger partial charge is 0.457 e. The van der Waals surface area contributed by atoms with Crippen molar-refractivity contribution in [3.63, 3.8) is 0 Å². The van der Waals surface area contributed by atoms with E-state index in [-0.39, 0.29) is 23.2 Å². The molecule has 0 unspecified atom stereocenters. The Balaban J connectivity index is 2.57. The molecule has 0 radical (unpaired) electrons. The smallest absolute Gasteiger partial charge is 0.416 e. The van der Waals surface area contributed by atoms with E-state index in [2.05, 4.69) is 0 Å². The van der Waals surface area contributed by atoms with Crippen LogP contribution in [0, 0.1) is 22.7 Å². The van der Waals surface area contributed by atoms with Crippen molar-refractivity contribution >= 4 is 6.08 Å². The van der Waals surface area contributed by atoms with Gasteiger partial charge in [0.2, 0.25) is 0 Å². The second-order valence-corrected chi connectivity index (χ2v) is 4.78. The first-order valence-corrected chi connectivity index (χ1v) is 6.46. The Morgan fingerprint density at radius 3 is 1.84 bits per heavy atom. The lowest BCUT2D eigenvalue weighted by molar-refractivity contribution is -0.143. The summed E-state index contributed by atoms with van der Waals surface area (Å²) in [6.45, 7) is 0. The third kappa shape index (κ3) is 4.21. The summed E-state index contributed by atoms with van der Waals surface area (Å²) >= 11 is 0. The SMILES string of the molecule is N#CC(C#N)=Cc1ccc(-c2cc(C(F)(F)F)cc(C(F)(F)F)c2)o1. The van der Waals surface area contributed by atoms with E-state index in [0.29, 0.717) is 12.1 Å². The lowest BCUT2D eigenvalue weighted by atomic mass is 10.0. The van der Waals surface area contributed by atoms with Gasteiger partial charge in [-0.05, 0) is 30.3 Å². The first kappa shape index (κ1) is 18.1. The quantitative estimate of drug-likeness (QED) is 0.534. The van der Waals surface area contributed by atoms with Gasteiger partial charge in [0.25, 0.3) is 0 Å². The van der Waals surface area contributed by atoms with Gasteiger partial charge in [-0.25, -0.2) is 0 Å². The molecule has 0 aliphatic heterocycles. The van der Waals surface area contributed by atoms with Crippen LogP contribution in [0.3, 0.4) is 0 Å². The molecule has 9 heteroatoms. The third-order valence-corrected chi connectivity index (χ3v) is 3.03. The lowest BCUT2D eigenvalue weighted by Gasteiger charge is -2.13. The highest BCUT2D eigenvalue weighted by molar-refractivity contribution is 5.65. The van der Waals surface area contributed by atoms with E-state index in [0.717, 1.165) is 12.1 Å². The maximum atomic E-state index is 12.8. The molecule has 25 heavy (non-hydrogen) atoms. The van der Waals surface area contributed by atoms with Gasteiger partial charge in [-0.3, -0.25) is 0 Å². The highest BCUT2D eigenvalue weighted by Crippen LogP contribution is 2.39. The summed E-state index contributed by atoms with van der Waals surface area (Å²) < 4.78 is 82.2. The number of nitrogens with zero attached hydrogens (tertiary/aromatic N) is 2. The van der Waals surface area contributed by atoms with E-state index in [1.165, 1.54) is 6.07 Å². The van der Waals surface area contributed by atoms with Crippen LogP contribution < -0.4 is 0 Å². The Labute approximate surface area is 137 Å². The number of hydrogen-bond acceptors (Lipinski definition) is 3. The standard InChI is InChI=1S/C16H6F6N2O/c17-15(18,19)11-4-10(5-12(6-11)16(20,21)22)14-2-1-13(25-14)3-9(7-23)8-24/h1-6H. The molecular formula is C16H6F6N2O. The average Bonchev–Trinajstić information content (AvgIpc) is 2.99. The van der Waals surface area contributed by atoms with Crippen LogP contribution in [0.5, 0.6) is 0 Å². The molecular weight excluding hydrogens is 350 g/mol. The molecule has 0 N–H and O–H groups in total. The minimum Gasteiger partial charge on any atom is -0.457 e. The number of nitriles is 2. The maximum Gasteiger partial charge on any atom is 0.416 e. The van der Waals surface area contributed by atoms with Crippen LogP contribution in [0.1, 0.15) is 16.9 Å². The number of benzene rings is 1. The summed E-state index contributed by atoms with van der Waals surface area (Å²) in [4.78, 5) is 0. The summed E-state index contributed by atoms with van der Waals surface area (Å²) in [5, 5.41) is 17.3. The summed E-state index contributed by atoms with van der Waals surface area (Å²) in [7, 11) is 0. The molecule has 2 aromatic rings. The van der Waals surface area contributed by atoms with E-state index in [4.69, 9.17) is 14.9 Å². The number of hydrogen-bond donors (Lipinski definition) is 0. The molecule has 2 rings (SSSR count). The topological polar surface area (TPSA) is 60.7 Å². The van der Waals surface area contributed by atoms with Crippen molar-refractivity contribution in [1.29, 1.82) is 10.5 Å². The molecule has 128 valence electrons. The minimum atomic E-state index is -4.97. The maximum absolute atomic E-state index is 12.8. The number of alkyl halides is 6. The number of allylic oxidation sites excluding steroid dienone is 1. The van der Waals surface area contributed by atoms with Crippen molar-refractivity contribution < 1.29 is 30.8 Å². The van der Waals surface area contributed by atoms with Crippen LogP contribution >= 0.6 is 0 Å². The zero-order valence-corrected chi connectivity index (χ0v) is 12.0. The Morgan fingerprint density at radius 2 is 1.40 bits per heavy atom. The van der Waals surface area contributed by atoms with Gasteiger partial charge >= 0.3 is 12.4 Å². The van der Waals surface area contributed by atoms with E-state index >= 15 is 0 Å². The van der Waals surface area contributed by atoms with Crippen molar-refractivity contribution in [2.45, 2.75) is 12.4 Å². The molecule has 1 heterocycles. The van der Waals surface area contributed by atoms with Crippen LogP contribution in [0.25, 0.3) is 17.4 Å². The molecule has 1 aromatic heterocycles. The Bertz CT molecular complexity index is 858. The molecule has 0 saturated carbocycles. The normalized spacial score (nSPS) is 11.5. The van der Waals surface area contributed by atoms with Crippen molar-refractivity contribution in [2.24, 2.45) is 0 Å². The van der Waals surface area contributed by atoms with Gasteiger partial charge in [0.05, 0.1) is 11.1 Å². The fraction of sp³-hybridized carbons (Fsp3) is 0.125. The number of rotatable bonds is 2. The lowest BCUT2D eigenvalue weighted by Crippen LogP contribution is -2.11. The molecule has 0 spiro atoms. The fourth-order valence-corrected chi connectivity index (χ4v) is 1.91. The highest BCUT2D eigenvalue weighted by Gasteiger charge is 2.37. The fourth-order valence-electron chi connectivity index (χ4n) is 1.91. The Kier molecular flexibility index (Phi) is 4.62. The van der Waals surface area contributed by atoms with Gasteiger partial charge in [-0.2, -0.15) is 36.9 Å². The molecule has 0 saturated heterocycles. The molecule has 0 bridgehead atoms. The molecule has 0 aliphatic rings. The van der Waals surface area contributed by atoms with Crippen LogP contribution in [0.2, 0.25) is 0 Å². The van der Waals surface area contributed by atoms with Gasteiger partial charge in [0.1, 0.15) is 29.2 Å². The highest BCUT2D eigenvalue weighted by atomic mass is 19.4. The molecule has 3 nitrogen and oxygen atoms in total. The van der Waals surface area contributed by atoms with Crippen molar-refractivity contribution in [3.05, 3.63) is 52.8 Å². The Hall–Kier alpha value is -3.20. The zero-order chi connectivity index (χ0) is 18.8. The molecule has 0 fully saturated rings. The number of furan rings is 1.